The van der Waals surface area contributed by atoms with Gasteiger partial charge in [0.25, 0.3) is 0 Å². The average Bonchev–Trinajstić information content (AvgIpc) is 2.97. The molecule has 0 aliphatic carbocycles. The molecule has 0 fully saturated rings. The molecule has 3 rings (SSSR count). The molecule has 0 radical (unpaired) electrons. The summed E-state index contributed by atoms with van der Waals surface area (Å²) in [4.78, 5) is 8.50. The van der Waals surface area contributed by atoms with Crippen molar-refractivity contribution in [2.45, 2.75) is 6.42 Å². The highest BCUT2D eigenvalue weighted by Crippen LogP contribution is 2.24. The van der Waals surface area contributed by atoms with Crippen molar-refractivity contribution < 1.29 is 0 Å². The summed E-state index contributed by atoms with van der Waals surface area (Å²) in [5.74, 6) is 0.888. The highest BCUT2D eigenvalue weighted by atomic mass is 32.1. The molecule has 2 aromatic heterocycles. The molecule has 0 spiro atoms. The Hall–Kier alpha value is -2.45. The number of rotatable bonds is 4. The quantitative estimate of drug-likeness (QED) is 0.797. The Bertz CT molecular complexity index is 755. The summed E-state index contributed by atoms with van der Waals surface area (Å²) in [5, 5.41) is 14.1. The second-order valence-electron chi connectivity index (χ2n) is 4.34. The number of anilines is 1. The van der Waals surface area contributed by atoms with Crippen LogP contribution >= 0.6 is 11.3 Å². The third-order valence-electron chi connectivity index (χ3n) is 3.03. The van der Waals surface area contributed by atoms with Crippen LogP contribution in [0.4, 0.5) is 5.82 Å². The molecule has 0 atom stereocenters. The van der Waals surface area contributed by atoms with E-state index in [9.17, 15) is 0 Å². The Balaban J connectivity index is 1.65. The Kier molecular flexibility index (Phi) is 3.57. The molecule has 1 N–H and O–H groups in total. The molecule has 20 heavy (non-hydrogen) atoms. The Morgan fingerprint density at radius 1 is 1.15 bits per heavy atom. The first-order valence-electron chi connectivity index (χ1n) is 6.28. The van der Waals surface area contributed by atoms with E-state index in [0.717, 1.165) is 29.0 Å². The van der Waals surface area contributed by atoms with E-state index >= 15 is 0 Å². The second kappa shape index (κ2) is 5.68. The van der Waals surface area contributed by atoms with Crippen molar-refractivity contribution in [1.82, 2.24) is 9.97 Å². The number of nitrogens with zero attached hydrogens (tertiary/aromatic N) is 3. The molecule has 0 unspecified atom stereocenters. The third-order valence-corrected chi connectivity index (χ3v) is 3.94. The summed E-state index contributed by atoms with van der Waals surface area (Å²) in [6.45, 7) is 0.802. The molecule has 0 saturated heterocycles. The molecule has 0 amide bonds. The van der Waals surface area contributed by atoms with Crippen molar-refractivity contribution >= 4 is 27.4 Å². The lowest BCUT2D eigenvalue weighted by atomic mass is 10.1. The van der Waals surface area contributed by atoms with E-state index in [2.05, 4.69) is 21.4 Å². The maximum atomic E-state index is 8.76. The van der Waals surface area contributed by atoms with Gasteiger partial charge in [0.05, 0.1) is 21.8 Å². The van der Waals surface area contributed by atoms with Gasteiger partial charge in [0.1, 0.15) is 12.1 Å². The molecule has 0 saturated carbocycles. The Labute approximate surface area is 120 Å². The maximum absolute atomic E-state index is 8.76. The van der Waals surface area contributed by atoms with Crippen molar-refractivity contribution in [1.29, 1.82) is 5.26 Å². The number of benzene rings is 1. The van der Waals surface area contributed by atoms with Gasteiger partial charge in [-0.15, -0.1) is 11.3 Å². The minimum atomic E-state index is 0.692. The lowest BCUT2D eigenvalue weighted by molar-refractivity contribution is 1.01. The van der Waals surface area contributed by atoms with Gasteiger partial charge >= 0.3 is 0 Å². The summed E-state index contributed by atoms with van der Waals surface area (Å²) in [5.41, 5.74) is 2.87. The van der Waals surface area contributed by atoms with Crippen molar-refractivity contribution in [3.8, 4) is 6.07 Å². The second-order valence-corrected chi connectivity index (χ2v) is 5.26. The molecule has 4 nitrogen and oxygen atoms in total. The van der Waals surface area contributed by atoms with Gasteiger partial charge in [-0.3, -0.25) is 0 Å². The van der Waals surface area contributed by atoms with Gasteiger partial charge in [-0.1, -0.05) is 12.1 Å². The molecular formula is C15H12N4S. The molecule has 3 aromatic rings. The first-order chi connectivity index (χ1) is 9.86. The summed E-state index contributed by atoms with van der Waals surface area (Å²) < 4.78 is 1.09. The van der Waals surface area contributed by atoms with Crippen LogP contribution in [-0.2, 0) is 6.42 Å². The molecule has 0 aliphatic rings. The minimum Gasteiger partial charge on any atom is -0.368 e. The topological polar surface area (TPSA) is 61.6 Å². The fraction of sp³-hybridized carbons (Fsp3) is 0.133. The number of thiophene rings is 1. The Morgan fingerprint density at radius 2 is 2.00 bits per heavy atom. The average molecular weight is 280 g/mol. The largest absolute Gasteiger partial charge is 0.368 e. The van der Waals surface area contributed by atoms with Crippen molar-refractivity contribution in [3.63, 3.8) is 0 Å². The van der Waals surface area contributed by atoms with Gasteiger partial charge in [0.2, 0.25) is 0 Å². The van der Waals surface area contributed by atoms with E-state index in [4.69, 9.17) is 5.26 Å². The van der Waals surface area contributed by atoms with Crippen LogP contribution in [0.3, 0.4) is 0 Å². The van der Waals surface area contributed by atoms with E-state index in [-0.39, 0.29) is 0 Å². The van der Waals surface area contributed by atoms with Gasteiger partial charge in [-0.05, 0) is 35.6 Å². The van der Waals surface area contributed by atoms with Crippen LogP contribution in [0, 0.1) is 11.3 Å². The van der Waals surface area contributed by atoms with E-state index in [1.807, 2.05) is 35.7 Å². The zero-order valence-corrected chi connectivity index (χ0v) is 11.5. The molecule has 0 bridgehead atoms. The van der Waals surface area contributed by atoms with Crippen LogP contribution in [0.15, 0.2) is 42.0 Å². The normalized spacial score (nSPS) is 10.3. The van der Waals surface area contributed by atoms with Crippen LogP contribution < -0.4 is 5.32 Å². The standard InChI is InChI=1S/C15H12N4S/c16-9-12-3-1-11(2-4-12)5-7-17-15-14-13(6-8-20-14)18-10-19-15/h1-4,6,8,10H,5,7H2,(H,17,18,19). The summed E-state index contributed by atoms with van der Waals surface area (Å²) in [6, 6.07) is 11.8. The Morgan fingerprint density at radius 3 is 2.80 bits per heavy atom. The maximum Gasteiger partial charge on any atom is 0.147 e. The highest BCUT2D eigenvalue weighted by molar-refractivity contribution is 7.17. The monoisotopic (exact) mass is 280 g/mol. The van der Waals surface area contributed by atoms with E-state index in [1.54, 1.807) is 17.7 Å². The number of nitrogens with one attached hydrogen (secondary N) is 1. The predicted octanol–water partition coefficient (Wildman–Crippen LogP) is 3.22. The number of hydrogen-bond acceptors (Lipinski definition) is 5. The van der Waals surface area contributed by atoms with Gasteiger partial charge < -0.3 is 5.32 Å². The van der Waals surface area contributed by atoms with Crippen LogP contribution in [0.2, 0.25) is 0 Å². The van der Waals surface area contributed by atoms with Crippen molar-refractivity contribution in [3.05, 3.63) is 53.2 Å². The molecule has 98 valence electrons. The first kappa shape index (κ1) is 12.6. The number of hydrogen-bond donors (Lipinski definition) is 1. The predicted molar refractivity (Wildman–Crippen MR) is 80.8 cm³/mol. The zero-order valence-electron chi connectivity index (χ0n) is 10.7. The fourth-order valence-electron chi connectivity index (χ4n) is 1.99. The first-order valence-corrected chi connectivity index (χ1v) is 7.16. The van der Waals surface area contributed by atoms with Gasteiger partial charge in [-0.2, -0.15) is 5.26 Å². The van der Waals surface area contributed by atoms with Crippen molar-refractivity contribution in [2.24, 2.45) is 0 Å². The highest BCUT2D eigenvalue weighted by Gasteiger charge is 2.04. The van der Waals surface area contributed by atoms with Crippen LogP contribution in [0.1, 0.15) is 11.1 Å². The molecular weight excluding hydrogens is 268 g/mol. The van der Waals surface area contributed by atoms with Crippen LogP contribution in [-0.4, -0.2) is 16.5 Å². The van der Waals surface area contributed by atoms with E-state index in [1.165, 1.54) is 5.56 Å². The van der Waals surface area contributed by atoms with Crippen molar-refractivity contribution in [2.75, 3.05) is 11.9 Å². The summed E-state index contributed by atoms with van der Waals surface area (Å²) in [6.07, 6.45) is 2.47. The summed E-state index contributed by atoms with van der Waals surface area (Å²) in [7, 11) is 0. The van der Waals surface area contributed by atoms with Gasteiger partial charge in [-0.25, -0.2) is 9.97 Å². The minimum absolute atomic E-state index is 0.692. The number of aromatic nitrogens is 2. The fourth-order valence-corrected chi connectivity index (χ4v) is 2.80. The van der Waals surface area contributed by atoms with Crippen LogP contribution in [0.25, 0.3) is 10.2 Å². The molecule has 1 aromatic carbocycles. The zero-order chi connectivity index (χ0) is 13.8. The smallest absolute Gasteiger partial charge is 0.147 e. The lowest BCUT2D eigenvalue weighted by Gasteiger charge is -2.06. The van der Waals surface area contributed by atoms with E-state index < -0.39 is 0 Å². The molecule has 5 heteroatoms. The molecule has 0 aliphatic heterocycles. The third kappa shape index (κ3) is 2.60. The van der Waals surface area contributed by atoms with Crippen LogP contribution in [0.5, 0.6) is 0 Å². The van der Waals surface area contributed by atoms with Gasteiger partial charge in [0, 0.05) is 6.54 Å². The summed E-state index contributed by atoms with van der Waals surface area (Å²) >= 11 is 1.64. The van der Waals surface area contributed by atoms with Gasteiger partial charge in [0.15, 0.2) is 0 Å². The molecule has 2 heterocycles. The number of fused-ring (bicyclic) bond motifs is 1. The number of nitriles is 1. The SMILES string of the molecule is N#Cc1ccc(CCNc2ncnc3ccsc23)cc1. The lowest BCUT2D eigenvalue weighted by Crippen LogP contribution is -2.06. The van der Waals surface area contributed by atoms with E-state index in [0.29, 0.717) is 5.56 Å².